The highest BCUT2D eigenvalue weighted by Gasteiger charge is 2.40. The highest BCUT2D eigenvalue weighted by Crippen LogP contribution is 2.36. The number of pyridine rings is 1. The third kappa shape index (κ3) is 4.66. The Morgan fingerprint density at radius 1 is 1.21 bits per heavy atom. The predicted octanol–water partition coefficient (Wildman–Crippen LogP) is 3.95. The van der Waals surface area contributed by atoms with Gasteiger partial charge in [0, 0.05) is 30.3 Å². The Balaban J connectivity index is 1.77. The molecule has 0 radical (unpaired) electrons. The number of imidazole rings is 1. The molecule has 0 saturated carbocycles. The highest BCUT2D eigenvalue weighted by atomic mass is 32.2. The Labute approximate surface area is 199 Å². The molecule has 1 saturated heterocycles. The molecule has 4 rings (SSSR count). The quantitative estimate of drug-likeness (QED) is 0.470. The number of fused-ring (bicyclic) bond motifs is 1. The second kappa shape index (κ2) is 8.69. The van der Waals surface area contributed by atoms with E-state index >= 15 is 0 Å². The Morgan fingerprint density at radius 2 is 1.94 bits per heavy atom. The lowest BCUT2D eigenvalue weighted by Gasteiger charge is -2.20. The number of nitrogens with zero attached hydrogens (tertiary/aromatic N) is 3. The number of sulfone groups is 1. The molecular formula is C25H31N3O5S. The van der Waals surface area contributed by atoms with Crippen LogP contribution >= 0.6 is 0 Å². The molecule has 182 valence electrons. The second-order valence-electron chi connectivity index (χ2n) is 10.1. The van der Waals surface area contributed by atoms with Gasteiger partial charge in [-0.2, -0.15) is 0 Å². The van der Waals surface area contributed by atoms with Gasteiger partial charge in [0.25, 0.3) is 0 Å². The first-order chi connectivity index (χ1) is 15.9. The van der Waals surface area contributed by atoms with Gasteiger partial charge in [-0.1, -0.05) is 13.0 Å². The normalized spacial score (nSPS) is 19.9. The van der Waals surface area contributed by atoms with Crippen molar-refractivity contribution in [2.45, 2.75) is 59.6 Å². The summed E-state index contributed by atoms with van der Waals surface area (Å²) in [7, 11) is -3.11. The van der Waals surface area contributed by atoms with E-state index < -0.39 is 15.3 Å². The molecule has 1 aliphatic heterocycles. The Hall–Kier alpha value is -2.94. The van der Waals surface area contributed by atoms with Crippen molar-refractivity contribution in [3.8, 4) is 11.4 Å². The lowest BCUT2D eigenvalue weighted by Crippen LogP contribution is -2.24. The third-order valence-electron chi connectivity index (χ3n) is 6.17. The van der Waals surface area contributed by atoms with E-state index in [1.165, 1.54) is 10.8 Å². The molecule has 8 nitrogen and oxygen atoms in total. The van der Waals surface area contributed by atoms with Crippen molar-refractivity contribution in [2.24, 2.45) is 5.41 Å². The summed E-state index contributed by atoms with van der Waals surface area (Å²) in [5, 5.41) is 0. The minimum atomic E-state index is -3.11. The van der Waals surface area contributed by atoms with Crippen molar-refractivity contribution in [3.05, 3.63) is 52.6 Å². The van der Waals surface area contributed by atoms with Gasteiger partial charge in [-0.15, -0.1) is 0 Å². The van der Waals surface area contributed by atoms with E-state index in [-0.39, 0.29) is 41.5 Å². The fourth-order valence-electron chi connectivity index (χ4n) is 4.66. The maximum absolute atomic E-state index is 13.4. The predicted molar refractivity (Wildman–Crippen MR) is 132 cm³/mol. The van der Waals surface area contributed by atoms with Crippen LogP contribution in [-0.4, -0.2) is 45.9 Å². The van der Waals surface area contributed by atoms with Crippen LogP contribution < -0.4 is 10.4 Å². The first kappa shape index (κ1) is 24.2. The van der Waals surface area contributed by atoms with Crippen LogP contribution in [0.3, 0.4) is 0 Å². The molecule has 1 atom stereocenters. The van der Waals surface area contributed by atoms with Crippen LogP contribution in [0, 0.1) is 5.41 Å². The summed E-state index contributed by atoms with van der Waals surface area (Å²) >= 11 is 0. The van der Waals surface area contributed by atoms with E-state index in [2.05, 4.69) is 4.98 Å². The number of hydrogen-bond acceptors (Lipinski definition) is 6. The fourth-order valence-corrected chi connectivity index (χ4v) is 6.91. The number of carbonyl (C=O) groups excluding carboxylic acids is 1. The van der Waals surface area contributed by atoms with Gasteiger partial charge in [-0.25, -0.2) is 22.8 Å². The minimum Gasteiger partial charge on any atom is -0.491 e. The molecule has 0 unspecified atom stereocenters. The topological polar surface area (TPSA) is 100 Å². The standard InChI is InChI=1S/C25H31N3O5S/c1-16(2)27-21-11-18(22(29)13-25(5)9-10-34(31,32)15-25)14-26-23(21)28(24(27)30)19-7-6-8-20(12-19)33-17(3)4/h6-8,11-12,14,16-17H,9-10,13,15H2,1-5H3/t25-/m0/s1. The van der Waals surface area contributed by atoms with Gasteiger partial charge in [0.05, 0.1) is 28.8 Å². The Kier molecular flexibility index (Phi) is 6.18. The maximum atomic E-state index is 13.4. The van der Waals surface area contributed by atoms with Crippen LogP contribution in [0.4, 0.5) is 0 Å². The van der Waals surface area contributed by atoms with Crippen molar-refractivity contribution >= 4 is 26.8 Å². The molecule has 0 spiro atoms. The summed E-state index contributed by atoms with van der Waals surface area (Å²) < 4.78 is 32.8. The number of carbonyl (C=O) groups is 1. The van der Waals surface area contributed by atoms with Gasteiger partial charge in [0.2, 0.25) is 0 Å². The van der Waals surface area contributed by atoms with Crippen LogP contribution in [0.5, 0.6) is 5.75 Å². The summed E-state index contributed by atoms with van der Waals surface area (Å²) in [6.45, 7) is 9.52. The monoisotopic (exact) mass is 485 g/mol. The number of aromatic nitrogens is 3. The van der Waals surface area contributed by atoms with Crippen molar-refractivity contribution in [1.82, 2.24) is 14.1 Å². The number of rotatable bonds is 7. The van der Waals surface area contributed by atoms with Crippen LogP contribution in [0.1, 0.15) is 63.9 Å². The summed E-state index contributed by atoms with van der Waals surface area (Å²) in [6, 6.07) is 8.82. The third-order valence-corrected chi connectivity index (χ3v) is 8.14. The molecular weight excluding hydrogens is 454 g/mol. The molecule has 1 fully saturated rings. The zero-order valence-corrected chi connectivity index (χ0v) is 21.1. The molecule has 3 aromatic rings. The minimum absolute atomic E-state index is 0.00705. The lowest BCUT2D eigenvalue weighted by atomic mass is 9.83. The average molecular weight is 486 g/mol. The zero-order chi connectivity index (χ0) is 24.8. The first-order valence-corrected chi connectivity index (χ1v) is 13.3. The second-order valence-corrected chi connectivity index (χ2v) is 12.2. The van der Waals surface area contributed by atoms with Gasteiger partial charge in [-0.3, -0.25) is 9.36 Å². The van der Waals surface area contributed by atoms with E-state index in [9.17, 15) is 18.0 Å². The van der Waals surface area contributed by atoms with Crippen LogP contribution in [0.15, 0.2) is 41.3 Å². The number of ketones is 1. The molecule has 3 heterocycles. The largest absolute Gasteiger partial charge is 0.491 e. The molecule has 9 heteroatoms. The summed E-state index contributed by atoms with van der Waals surface area (Å²) in [5.74, 6) is 0.611. The first-order valence-electron chi connectivity index (χ1n) is 11.5. The van der Waals surface area contributed by atoms with Gasteiger partial charge >= 0.3 is 5.69 Å². The molecule has 2 aromatic heterocycles. The van der Waals surface area contributed by atoms with Crippen molar-refractivity contribution in [1.29, 1.82) is 0 Å². The van der Waals surface area contributed by atoms with E-state index in [1.807, 2.05) is 52.8 Å². The Bertz CT molecular complexity index is 1420. The highest BCUT2D eigenvalue weighted by molar-refractivity contribution is 7.91. The molecule has 0 aliphatic carbocycles. The molecule has 0 N–H and O–H groups in total. The van der Waals surface area contributed by atoms with Gasteiger partial charge in [-0.05, 0) is 57.7 Å². The molecule has 1 aliphatic rings. The molecule has 34 heavy (non-hydrogen) atoms. The molecule has 0 amide bonds. The number of Topliss-reactive ketones (excluding diaryl/α,β-unsaturated/α-hetero) is 1. The average Bonchev–Trinajstić information content (AvgIpc) is 3.18. The lowest BCUT2D eigenvalue weighted by molar-refractivity contribution is 0.0934. The van der Waals surface area contributed by atoms with E-state index in [0.29, 0.717) is 34.6 Å². The van der Waals surface area contributed by atoms with Gasteiger partial charge in [0.15, 0.2) is 21.3 Å². The molecule has 0 bridgehead atoms. The number of hydrogen-bond donors (Lipinski definition) is 0. The van der Waals surface area contributed by atoms with Gasteiger partial charge < -0.3 is 4.74 Å². The van der Waals surface area contributed by atoms with Crippen molar-refractivity contribution in [3.63, 3.8) is 0 Å². The summed E-state index contributed by atoms with van der Waals surface area (Å²) in [4.78, 5) is 31.1. The van der Waals surface area contributed by atoms with Crippen molar-refractivity contribution in [2.75, 3.05) is 11.5 Å². The maximum Gasteiger partial charge on any atom is 0.335 e. The Morgan fingerprint density at radius 3 is 2.56 bits per heavy atom. The van der Waals surface area contributed by atoms with Crippen molar-refractivity contribution < 1.29 is 17.9 Å². The van der Waals surface area contributed by atoms with Crippen LogP contribution in [0.25, 0.3) is 16.9 Å². The van der Waals surface area contributed by atoms with E-state index in [1.54, 1.807) is 16.7 Å². The fraction of sp³-hybridized carbons (Fsp3) is 0.480. The SMILES string of the molecule is CC(C)Oc1cccc(-n2c(=O)n(C(C)C)c3cc(C(=O)C[C@]4(C)CCS(=O)(=O)C4)cnc32)c1. The van der Waals surface area contributed by atoms with Crippen LogP contribution in [-0.2, 0) is 9.84 Å². The van der Waals surface area contributed by atoms with Gasteiger partial charge in [0.1, 0.15) is 5.75 Å². The summed E-state index contributed by atoms with van der Waals surface area (Å²) in [6.07, 6.45) is 2.07. The number of benzene rings is 1. The van der Waals surface area contributed by atoms with E-state index in [0.717, 1.165) is 0 Å². The van der Waals surface area contributed by atoms with E-state index in [4.69, 9.17) is 4.74 Å². The molecule has 1 aromatic carbocycles. The van der Waals surface area contributed by atoms with Crippen LogP contribution in [0.2, 0.25) is 0 Å². The smallest absolute Gasteiger partial charge is 0.335 e. The number of ether oxygens (including phenoxy) is 1. The zero-order valence-electron chi connectivity index (χ0n) is 20.2. The summed E-state index contributed by atoms with van der Waals surface area (Å²) in [5.41, 5.74) is 1.18.